The van der Waals surface area contributed by atoms with Crippen molar-refractivity contribution in [1.29, 1.82) is 0 Å². The second-order valence-electron chi connectivity index (χ2n) is 5.27. The van der Waals surface area contributed by atoms with E-state index < -0.39 is 21.7 Å². The monoisotopic (exact) mass is 366 g/mol. The number of para-hydroxylation sites is 2. The number of amides is 1. The molecular formula is C17H19FN2O4S. The molecule has 0 saturated carbocycles. The van der Waals surface area contributed by atoms with E-state index >= 15 is 0 Å². The Morgan fingerprint density at radius 2 is 1.92 bits per heavy atom. The highest BCUT2D eigenvalue weighted by Gasteiger charge is 2.20. The van der Waals surface area contributed by atoms with Gasteiger partial charge in [0.25, 0.3) is 5.91 Å². The summed E-state index contributed by atoms with van der Waals surface area (Å²) >= 11 is 0. The number of halogens is 1. The van der Waals surface area contributed by atoms with Crippen LogP contribution >= 0.6 is 0 Å². The van der Waals surface area contributed by atoms with Crippen molar-refractivity contribution < 1.29 is 22.3 Å². The lowest BCUT2D eigenvalue weighted by Crippen LogP contribution is -2.38. The number of nitrogens with zero attached hydrogens (tertiary/aromatic N) is 1. The molecule has 0 aliphatic rings. The van der Waals surface area contributed by atoms with Crippen LogP contribution in [-0.2, 0) is 10.0 Å². The molecular weight excluding hydrogens is 347 g/mol. The van der Waals surface area contributed by atoms with Crippen LogP contribution < -0.4 is 14.4 Å². The van der Waals surface area contributed by atoms with Crippen molar-refractivity contribution >= 4 is 21.6 Å². The van der Waals surface area contributed by atoms with E-state index in [2.05, 4.69) is 5.32 Å². The number of carbonyl (C=O) groups excluding carboxylic acids is 1. The summed E-state index contributed by atoms with van der Waals surface area (Å²) in [7, 11) is -2.13. The van der Waals surface area contributed by atoms with Gasteiger partial charge in [-0.05, 0) is 30.3 Å². The number of carbonyl (C=O) groups is 1. The van der Waals surface area contributed by atoms with E-state index in [1.54, 1.807) is 24.3 Å². The van der Waals surface area contributed by atoms with Crippen LogP contribution in [0.3, 0.4) is 0 Å². The molecule has 0 atom stereocenters. The first-order valence-electron chi connectivity index (χ1n) is 7.47. The molecule has 134 valence electrons. The summed E-state index contributed by atoms with van der Waals surface area (Å²) in [4.78, 5) is 12.0. The molecule has 0 unspecified atom stereocenters. The fraction of sp³-hybridized carbons (Fsp3) is 0.235. The van der Waals surface area contributed by atoms with E-state index in [1.807, 2.05) is 0 Å². The van der Waals surface area contributed by atoms with Gasteiger partial charge in [0.2, 0.25) is 10.0 Å². The van der Waals surface area contributed by atoms with Gasteiger partial charge in [0.15, 0.2) is 0 Å². The van der Waals surface area contributed by atoms with Crippen LogP contribution in [0.25, 0.3) is 0 Å². The van der Waals surface area contributed by atoms with E-state index in [-0.39, 0.29) is 18.7 Å². The smallest absolute Gasteiger partial charge is 0.251 e. The van der Waals surface area contributed by atoms with Crippen molar-refractivity contribution in [2.24, 2.45) is 0 Å². The van der Waals surface area contributed by atoms with Gasteiger partial charge in [0.05, 0.1) is 25.6 Å². The number of rotatable bonds is 7. The van der Waals surface area contributed by atoms with Crippen molar-refractivity contribution in [3.8, 4) is 5.75 Å². The highest BCUT2D eigenvalue weighted by atomic mass is 32.2. The van der Waals surface area contributed by atoms with Crippen molar-refractivity contribution in [3.05, 3.63) is 59.9 Å². The molecule has 25 heavy (non-hydrogen) atoms. The number of anilines is 1. The molecule has 0 spiro atoms. The first kappa shape index (κ1) is 18.7. The van der Waals surface area contributed by atoms with Crippen LogP contribution in [0.1, 0.15) is 10.4 Å². The molecule has 0 aliphatic carbocycles. The molecule has 1 amide bonds. The Labute approximate surface area is 146 Å². The van der Waals surface area contributed by atoms with Gasteiger partial charge in [-0.15, -0.1) is 0 Å². The van der Waals surface area contributed by atoms with Crippen LogP contribution in [0.2, 0.25) is 0 Å². The van der Waals surface area contributed by atoms with E-state index in [9.17, 15) is 17.6 Å². The van der Waals surface area contributed by atoms with Gasteiger partial charge in [0, 0.05) is 12.1 Å². The molecule has 2 aromatic carbocycles. The minimum absolute atomic E-state index is 0.0141. The summed E-state index contributed by atoms with van der Waals surface area (Å²) in [6.45, 7) is 0.0702. The maximum Gasteiger partial charge on any atom is 0.251 e. The predicted molar refractivity (Wildman–Crippen MR) is 93.9 cm³/mol. The summed E-state index contributed by atoms with van der Waals surface area (Å²) in [5.74, 6) is -0.586. The lowest BCUT2D eigenvalue weighted by Gasteiger charge is -2.24. The standard InChI is InChI=1S/C17H19FN2O4S/c1-24-16-9-4-3-8-15(16)20(25(2,22)23)11-10-19-17(21)13-6-5-7-14(18)12-13/h3-9,12H,10-11H2,1-2H3,(H,19,21). The van der Waals surface area contributed by atoms with E-state index in [4.69, 9.17) is 4.74 Å². The second kappa shape index (κ2) is 7.98. The zero-order valence-corrected chi connectivity index (χ0v) is 14.7. The maximum atomic E-state index is 13.2. The molecule has 1 N–H and O–H groups in total. The largest absolute Gasteiger partial charge is 0.495 e. The molecule has 0 saturated heterocycles. The fourth-order valence-corrected chi connectivity index (χ4v) is 3.23. The normalized spacial score (nSPS) is 11.0. The zero-order valence-electron chi connectivity index (χ0n) is 13.9. The Morgan fingerprint density at radius 1 is 1.20 bits per heavy atom. The van der Waals surface area contributed by atoms with Gasteiger partial charge < -0.3 is 10.1 Å². The average molecular weight is 366 g/mol. The summed E-state index contributed by atoms with van der Waals surface area (Å²) in [6.07, 6.45) is 1.08. The number of ether oxygens (including phenoxy) is 1. The van der Waals surface area contributed by atoms with Crippen LogP contribution in [0.4, 0.5) is 10.1 Å². The first-order chi connectivity index (χ1) is 11.8. The molecule has 6 nitrogen and oxygen atoms in total. The highest BCUT2D eigenvalue weighted by Crippen LogP contribution is 2.29. The number of hydrogen-bond donors (Lipinski definition) is 1. The quantitative estimate of drug-likeness (QED) is 0.814. The van der Waals surface area contributed by atoms with Crippen molar-refractivity contribution in [2.75, 3.05) is 30.8 Å². The molecule has 0 fully saturated rings. The predicted octanol–water partition coefficient (Wildman–Crippen LogP) is 2.03. The lowest BCUT2D eigenvalue weighted by molar-refractivity contribution is 0.0954. The van der Waals surface area contributed by atoms with Crippen molar-refractivity contribution in [2.45, 2.75) is 0 Å². The second-order valence-corrected chi connectivity index (χ2v) is 7.18. The molecule has 0 bridgehead atoms. The van der Waals surface area contributed by atoms with Crippen LogP contribution in [0.5, 0.6) is 5.75 Å². The number of hydrogen-bond acceptors (Lipinski definition) is 4. The Morgan fingerprint density at radius 3 is 2.56 bits per heavy atom. The summed E-state index contributed by atoms with van der Waals surface area (Å²) < 4.78 is 43.7. The zero-order chi connectivity index (χ0) is 18.4. The minimum atomic E-state index is -3.58. The minimum Gasteiger partial charge on any atom is -0.495 e. The maximum absolute atomic E-state index is 13.2. The third kappa shape index (κ3) is 4.93. The number of sulfonamides is 1. The van der Waals surface area contributed by atoms with Crippen molar-refractivity contribution in [1.82, 2.24) is 5.32 Å². The Balaban J connectivity index is 2.10. The topological polar surface area (TPSA) is 75.7 Å². The Kier molecular flexibility index (Phi) is 5.97. The third-order valence-electron chi connectivity index (χ3n) is 3.44. The summed E-state index contributed by atoms with van der Waals surface area (Å²) in [6, 6.07) is 12.0. The molecule has 2 rings (SSSR count). The number of methoxy groups -OCH3 is 1. The number of nitrogens with one attached hydrogen (secondary N) is 1. The van der Waals surface area contributed by atoms with Gasteiger partial charge >= 0.3 is 0 Å². The van der Waals surface area contributed by atoms with Gasteiger partial charge in [-0.2, -0.15) is 0 Å². The van der Waals surface area contributed by atoms with E-state index in [0.29, 0.717) is 11.4 Å². The lowest BCUT2D eigenvalue weighted by atomic mass is 10.2. The Bertz CT molecular complexity index is 855. The van der Waals surface area contributed by atoms with Crippen LogP contribution in [-0.4, -0.2) is 40.8 Å². The van der Waals surface area contributed by atoms with Crippen LogP contribution in [0, 0.1) is 5.82 Å². The molecule has 8 heteroatoms. The van der Waals surface area contributed by atoms with Crippen LogP contribution in [0.15, 0.2) is 48.5 Å². The van der Waals surface area contributed by atoms with Crippen molar-refractivity contribution in [3.63, 3.8) is 0 Å². The van der Waals surface area contributed by atoms with E-state index in [0.717, 1.165) is 16.6 Å². The third-order valence-corrected chi connectivity index (χ3v) is 4.62. The molecule has 2 aromatic rings. The summed E-state index contributed by atoms with van der Waals surface area (Å²) in [5, 5.41) is 2.58. The number of benzene rings is 2. The summed E-state index contributed by atoms with van der Waals surface area (Å²) in [5.41, 5.74) is 0.552. The molecule has 0 aromatic heterocycles. The van der Waals surface area contributed by atoms with E-state index in [1.165, 1.54) is 25.3 Å². The van der Waals surface area contributed by atoms with Gasteiger partial charge in [0.1, 0.15) is 11.6 Å². The fourth-order valence-electron chi connectivity index (χ4n) is 2.30. The highest BCUT2D eigenvalue weighted by molar-refractivity contribution is 7.92. The van der Waals surface area contributed by atoms with Gasteiger partial charge in [-0.1, -0.05) is 18.2 Å². The molecule has 0 radical (unpaired) electrons. The average Bonchev–Trinajstić information content (AvgIpc) is 2.57. The van der Waals surface area contributed by atoms with Gasteiger partial charge in [-0.25, -0.2) is 12.8 Å². The van der Waals surface area contributed by atoms with Gasteiger partial charge in [-0.3, -0.25) is 9.10 Å². The Hall–Kier alpha value is -2.61. The molecule has 0 heterocycles. The SMILES string of the molecule is COc1ccccc1N(CCNC(=O)c1cccc(F)c1)S(C)(=O)=O. The first-order valence-corrected chi connectivity index (χ1v) is 9.32. The molecule has 0 aliphatic heterocycles.